The Bertz CT molecular complexity index is 600. The lowest BCUT2D eigenvalue weighted by molar-refractivity contribution is -0.384. The smallest absolute Gasteiger partial charge is 0.271 e. The predicted molar refractivity (Wildman–Crippen MR) is 62.3 cm³/mol. The van der Waals surface area contributed by atoms with Crippen LogP contribution in [0.3, 0.4) is 0 Å². The first-order valence-corrected chi connectivity index (χ1v) is 5.02. The van der Waals surface area contributed by atoms with Gasteiger partial charge in [-0.15, -0.1) is 0 Å². The van der Waals surface area contributed by atoms with Crippen molar-refractivity contribution in [3.63, 3.8) is 0 Å². The zero-order valence-electron chi connectivity index (χ0n) is 8.51. The van der Waals surface area contributed by atoms with Crippen LogP contribution in [0.2, 0.25) is 0 Å². The molecule has 16 heavy (non-hydrogen) atoms. The lowest BCUT2D eigenvalue weighted by Gasteiger charge is -2.02. The number of aryl methyl sites for hydroxylation is 1. The van der Waals surface area contributed by atoms with Gasteiger partial charge in [0, 0.05) is 17.8 Å². The Morgan fingerprint density at radius 1 is 1.44 bits per heavy atom. The second-order valence-corrected chi connectivity index (χ2v) is 3.81. The van der Waals surface area contributed by atoms with Crippen molar-refractivity contribution in [1.82, 2.24) is 9.78 Å². The number of hydrogen-bond acceptors (Lipinski definition) is 3. The summed E-state index contributed by atoms with van der Waals surface area (Å²) in [5.74, 6) is 0. The highest BCUT2D eigenvalue weighted by atomic mass is 32.1. The molecule has 1 aromatic carbocycles. The molecule has 2 aromatic rings. The first kappa shape index (κ1) is 10.6. The Kier molecular flexibility index (Phi) is 2.57. The Hall–Kier alpha value is -1.95. The zero-order valence-corrected chi connectivity index (χ0v) is 9.32. The molecule has 0 atom stereocenters. The number of hydrogen-bond donors (Lipinski definition) is 1. The van der Waals surface area contributed by atoms with Crippen molar-refractivity contribution in [2.24, 2.45) is 0 Å². The van der Waals surface area contributed by atoms with Gasteiger partial charge in [0.25, 0.3) is 5.69 Å². The average molecular weight is 235 g/mol. The SMILES string of the molecule is Cc1cc(=S)n(-c2cccc([N+](=O)[O-])c2)[nH]1. The fourth-order valence-electron chi connectivity index (χ4n) is 1.45. The molecule has 5 nitrogen and oxygen atoms in total. The third-order valence-corrected chi connectivity index (χ3v) is 2.45. The summed E-state index contributed by atoms with van der Waals surface area (Å²) in [6, 6.07) is 8.12. The van der Waals surface area contributed by atoms with Gasteiger partial charge >= 0.3 is 0 Å². The van der Waals surface area contributed by atoms with Crippen LogP contribution in [0.1, 0.15) is 5.69 Å². The molecule has 0 unspecified atom stereocenters. The van der Waals surface area contributed by atoms with Gasteiger partial charge in [-0.3, -0.25) is 15.2 Å². The number of nitrogens with one attached hydrogen (secondary N) is 1. The molecule has 2 rings (SSSR count). The van der Waals surface area contributed by atoms with E-state index in [1.807, 2.05) is 6.92 Å². The van der Waals surface area contributed by atoms with Crippen LogP contribution in [0.5, 0.6) is 0 Å². The molecule has 0 saturated carbocycles. The molecule has 6 heteroatoms. The molecule has 0 saturated heterocycles. The maximum atomic E-state index is 10.6. The highest BCUT2D eigenvalue weighted by Gasteiger charge is 2.07. The van der Waals surface area contributed by atoms with E-state index in [2.05, 4.69) is 5.10 Å². The number of aromatic amines is 1. The number of nitro benzene ring substituents is 1. The molecule has 0 aliphatic rings. The first-order chi connectivity index (χ1) is 7.58. The number of benzene rings is 1. The van der Waals surface area contributed by atoms with E-state index in [1.165, 1.54) is 12.1 Å². The first-order valence-electron chi connectivity index (χ1n) is 4.61. The summed E-state index contributed by atoms with van der Waals surface area (Å²) < 4.78 is 2.23. The molecule has 0 radical (unpaired) electrons. The molecule has 1 aromatic heterocycles. The van der Waals surface area contributed by atoms with Gasteiger partial charge < -0.3 is 0 Å². The normalized spacial score (nSPS) is 10.3. The maximum Gasteiger partial charge on any atom is 0.271 e. The van der Waals surface area contributed by atoms with Crippen molar-refractivity contribution in [1.29, 1.82) is 0 Å². The van der Waals surface area contributed by atoms with Crippen LogP contribution in [-0.2, 0) is 0 Å². The second kappa shape index (κ2) is 3.90. The van der Waals surface area contributed by atoms with Crippen LogP contribution in [-0.4, -0.2) is 14.7 Å². The van der Waals surface area contributed by atoms with Gasteiger partial charge in [0.1, 0.15) is 4.64 Å². The summed E-state index contributed by atoms with van der Waals surface area (Å²) in [5, 5.41) is 13.7. The van der Waals surface area contributed by atoms with Crippen LogP contribution < -0.4 is 0 Å². The van der Waals surface area contributed by atoms with Gasteiger partial charge in [-0.1, -0.05) is 18.3 Å². The zero-order chi connectivity index (χ0) is 11.7. The van der Waals surface area contributed by atoms with Crippen molar-refractivity contribution in [2.75, 3.05) is 0 Å². The molecule has 1 heterocycles. The van der Waals surface area contributed by atoms with Gasteiger partial charge in [-0.2, -0.15) is 0 Å². The van der Waals surface area contributed by atoms with Gasteiger partial charge in [-0.25, -0.2) is 4.68 Å². The summed E-state index contributed by atoms with van der Waals surface area (Å²) in [5.41, 5.74) is 1.62. The molecule has 0 amide bonds. The van der Waals surface area contributed by atoms with Crippen molar-refractivity contribution in [3.05, 3.63) is 50.8 Å². The third-order valence-electron chi connectivity index (χ3n) is 2.15. The summed E-state index contributed by atoms with van der Waals surface area (Å²) in [4.78, 5) is 10.2. The molecule has 82 valence electrons. The molecular formula is C10H9N3O2S. The minimum atomic E-state index is -0.428. The van der Waals surface area contributed by atoms with Gasteiger partial charge in [0.05, 0.1) is 10.6 Å². The molecule has 0 fully saturated rings. The number of aromatic nitrogens is 2. The minimum absolute atomic E-state index is 0.0478. The van der Waals surface area contributed by atoms with E-state index in [1.54, 1.807) is 22.9 Å². The second-order valence-electron chi connectivity index (χ2n) is 3.39. The maximum absolute atomic E-state index is 10.6. The largest absolute Gasteiger partial charge is 0.297 e. The van der Waals surface area contributed by atoms with Crippen LogP contribution in [0.25, 0.3) is 5.69 Å². The van der Waals surface area contributed by atoms with Crippen LogP contribution in [0.4, 0.5) is 5.69 Å². The Balaban J connectivity index is 2.56. The van der Waals surface area contributed by atoms with E-state index in [0.29, 0.717) is 10.3 Å². The number of nitro groups is 1. The van der Waals surface area contributed by atoms with Crippen molar-refractivity contribution in [3.8, 4) is 5.69 Å². The summed E-state index contributed by atoms with van der Waals surface area (Å²) >= 11 is 5.13. The van der Waals surface area contributed by atoms with Crippen LogP contribution >= 0.6 is 12.2 Å². The van der Waals surface area contributed by atoms with Gasteiger partial charge in [0.15, 0.2) is 0 Å². The van der Waals surface area contributed by atoms with E-state index in [0.717, 1.165) is 5.69 Å². The Morgan fingerprint density at radius 3 is 2.75 bits per heavy atom. The monoisotopic (exact) mass is 235 g/mol. The summed E-state index contributed by atoms with van der Waals surface area (Å²) in [7, 11) is 0. The highest BCUT2D eigenvalue weighted by Crippen LogP contribution is 2.16. The lowest BCUT2D eigenvalue weighted by atomic mass is 10.3. The molecular weight excluding hydrogens is 226 g/mol. The van der Waals surface area contributed by atoms with Crippen molar-refractivity contribution < 1.29 is 4.92 Å². The van der Waals surface area contributed by atoms with Crippen LogP contribution in [0.15, 0.2) is 30.3 Å². The molecule has 0 bridgehead atoms. The molecule has 0 aliphatic heterocycles. The lowest BCUT2D eigenvalue weighted by Crippen LogP contribution is -1.97. The van der Waals surface area contributed by atoms with Gasteiger partial charge in [-0.05, 0) is 19.1 Å². The van der Waals surface area contributed by atoms with E-state index >= 15 is 0 Å². The standard InChI is InChI=1S/C10H9N3O2S/c1-7-5-10(16)12(11-7)8-3-2-4-9(6-8)13(14)15/h2-6,11H,1H3. The minimum Gasteiger partial charge on any atom is -0.297 e. The number of rotatable bonds is 2. The number of H-pyrrole nitrogens is 1. The topological polar surface area (TPSA) is 63.9 Å². The molecule has 0 aliphatic carbocycles. The Labute approximate surface area is 96.5 Å². The fraction of sp³-hybridized carbons (Fsp3) is 0.100. The summed E-state index contributed by atoms with van der Waals surface area (Å²) in [6.45, 7) is 1.88. The van der Waals surface area contributed by atoms with Crippen LogP contribution in [0, 0.1) is 21.7 Å². The number of nitrogens with zero attached hydrogens (tertiary/aromatic N) is 2. The number of non-ortho nitro benzene ring substituents is 1. The highest BCUT2D eigenvalue weighted by molar-refractivity contribution is 7.71. The van der Waals surface area contributed by atoms with Crippen molar-refractivity contribution in [2.45, 2.75) is 6.92 Å². The fourth-order valence-corrected chi connectivity index (χ4v) is 1.78. The average Bonchev–Trinajstić information content (AvgIpc) is 2.58. The Morgan fingerprint density at radius 2 is 2.19 bits per heavy atom. The summed E-state index contributed by atoms with van der Waals surface area (Å²) in [6.07, 6.45) is 0. The predicted octanol–water partition coefficient (Wildman–Crippen LogP) is 2.75. The van der Waals surface area contributed by atoms with E-state index < -0.39 is 4.92 Å². The van der Waals surface area contributed by atoms with E-state index in [4.69, 9.17) is 12.2 Å². The van der Waals surface area contributed by atoms with E-state index in [9.17, 15) is 10.1 Å². The third kappa shape index (κ3) is 1.87. The molecule has 1 N–H and O–H groups in total. The quantitative estimate of drug-likeness (QED) is 0.494. The van der Waals surface area contributed by atoms with E-state index in [-0.39, 0.29) is 5.69 Å². The van der Waals surface area contributed by atoms with Crippen molar-refractivity contribution >= 4 is 17.9 Å². The van der Waals surface area contributed by atoms with Gasteiger partial charge in [0.2, 0.25) is 0 Å². The molecule has 0 spiro atoms.